The Balaban J connectivity index is 1.76. The van der Waals surface area contributed by atoms with E-state index in [9.17, 15) is 23.3 Å². The molecule has 3 aromatic rings. The van der Waals surface area contributed by atoms with Gasteiger partial charge in [-0.05, 0) is 29.6 Å². The van der Waals surface area contributed by atoms with Gasteiger partial charge in [0, 0.05) is 11.6 Å². The van der Waals surface area contributed by atoms with E-state index in [1.54, 1.807) is 23.6 Å². The zero-order valence-electron chi connectivity index (χ0n) is 15.0. The van der Waals surface area contributed by atoms with Crippen LogP contribution in [0.5, 0.6) is 0 Å². The van der Waals surface area contributed by atoms with Gasteiger partial charge >= 0.3 is 0 Å². The molecule has 3 rings (SSSR count). The Morgan fingerprint density at radius 1 is 1.17 bits per heavy atom. The van der Waals surface area contributed by atoms with Crippen LogP contribution in [0, 0.1) is 10.1 Å². The normalized spacial score (nSPS) is 11.4. The molecule has 9 nitrogen and oxygen atoms in total. The summed E-state index contributed by atoms with van der Waals surface area (Å²) in [4.78, 5) is 22.8. The number of para-hydroxylation sites is 1. The maximum absolute atomic E-state index is 12.5. The van der Waals surface area contributed by atoms with Gasteiger partial charge < -0.3 is 0 Å². The molecule has 0 atom stereocenters. The van der Waals surface area contributed by atoms with Crippen LogP contribution in [0.1, 0.15) is 15.9 Å². The van der Waals surface area contributed by atoms with Crippen molar-refractivity contribution < 1.29 is 18.1 Å². The second kappa shape index (κ2) is 9.03. The largest absolute Gasteiger partial charge is 0.288 e. The van der Waals surface area contributed by atoms with Gasteiger partial charge in [0.25, 0.3) is 21.6 Å². The molecule has 0 aliphatic carbocycles. The minimum absolute atomic E-state index is 0.0202. The number of thiophene rings is 1. The Hall–Kier alpha value is -3.28. The molecule has 0 aliphatic rings. The van der Waals surface area contributed by atoms with E-state index >= 15 is 0 Å². The maximum atomic E-state index is 12.5. The summed E-state index contributed by atoms with van der Waals surface area (Å²) < 4.78 is 27.3. The zero-order valence-corrected chi connectivity index (χ0v) is 17.4. The number of carbonyl (C=O) groups excluding carboxylic acids is 1. The third-order valence-electron chi connectivity index (χ3n) is 3.72. The van der Waals surface area contributed by atoms with Crippen molar-refractivity contribution in [1.82, 2.24) is 5.43 Å². The zero-order chi connectivity index (χ0) is 21.7. The monoisotopic (exact) mass is 464 g/mol. The summed E-state index contributed by atoms with van der Waals surface area (Å²) in [6.07, 6.45) is 1.21. The van der Waals surface area contributed by atoms with Crippen molar-refractivity contribution in [3.05, 3.63) is 86.2 Å². The number of halogens is 1. The van der Waals surface area contributed by atoms with Gasteiger partial charge in [0.2, 0.25) is 0 Å². The summed E-state index contributed by atoms with van der Waals surface area (Å²) in [7, 11) is -3.83. The number of hydrazone groups is 1. The lowest BCUT2D eigenvalue weighted by Crippen LogP contribution is -2.21. The third kappa shape index (κ3) is 5.00. The lowest BCUT2D eigenvalue weighted by molar-refractivity contribution is -0.384. The number of nitro benzene ring substituents is 1. The average molecular weight is 465 g/mol. The molecular formula is C18H13ClN4O5S2. The Labute approximate surface area is 180 Å². The van der Waals surface area contributed by atoms with Crippen LogP contribution in [0.2, 0.25) is 5.02 Å². The molecule has 0 aliphatic heterocycles. The fourth-order valence-electron chi connectivity index (χ4n) is 2.36. The van der Waals surface area contributed by atoms with Crippen LogP contribution in [-0.4, -0.2) is 25.5 Å². The average Bonchev–Trinajstić information content (AvgIpc) is 3.25. The van der Waals surface area contributed by atoms with Gasteiger partial charge in [-0.25, -0.2) is 13.8 Å². The van der Waals surface area contributed by atoms with Crippen molar-refractivity contribution in [2.45, 2.75) is 4.21 Å². The first-order valence-electron chi connectivity index (χ1n) is 8.20. The standard InChI is InChI=1S/C18H13ClN4O5S2/c19-14-8-7-12(10-16(14)23(25)26)11-20-21-18(24)13-4-1-2-5-15(13)22-30(27,28)17-6-3-9-29-17/h1-11,22H,(H,21,24). The fourth-order valence-corrected chi connectivity index (χ4v) is 4.62. The van der Waals surface area contributed by atoms with E-state index < -0.39 is 20.9 Å². The van der Waals surface area contributed by atoms with Crippen molar-refractivity contribution in [1.29, 1.82) is 0 Å². The maximum Gasteiger partial charge on any atom is 0.288 e. The highest BCUT2D eigenvalue weighted by molar-refractivity contribution is 7.94. The lowest BCUT2D eigenvalue weighted by atomic mass is 10.2. The number of sulfonamides is 1. The Morgan fingerprint density at radius 2 is 1.93 bits per heavy atom. The number of hydrogen-bond acceptors (Lipinski definition) is 7. The molecule has 0 radical (unpaired) electrons. The van der Waals surface area contributed by atoms with Crippen LogP contribution in [-0.2, 0) is 10.0 Å². The number of nitrogens with zero attached hydrogens (tertiary/aromatic N) is 2. The molecule has 0 spiro atoms. The second-order valence-electron chi connectivity index (χ2n) is 5.75. The number of benzene rings is 2. The molecule has 0 fully saturated rings. The molecule has 154 valence electrons. The van der Waals surface area contributed by atoms with Crippen molar-refractivity contribution in [3.63, 3.8) is 0 Å². The minimum Gasteiger partial charge on any atom is -0.278 e. The van der Waals surface area contributed by atoms with Gasteiger partial charge in [0.1, 0.15) is 9.23 Å². The molecule has 12 heteroatoms. The number of nitrogens with one attached hydrogen (secondary N) is 2. The number of hydrogen-bond donors (Lipinski definition) is 2. The van der Waals surface area contributed by atoms with Gasteiger partial charge in [0.15, 0.2) is 0 Å². The molecule has 1 aromatic heterocycles. The smallest absolute Gasteiger partial charge is 0.278 e. The summed E-state index contributed by atoms with van der Waals surface area (Å²) in [5, 5.41) is 16.3. The number of amides is 1. The molecule has 0 bridgehead atoms. The van der Waals surface area contributed by atoms with Crippen LogP contribution in [0.4, 0.5) is 11.4 Å². The predicted molar refractivity (Wildman–Crippen MR) is 115 cm³/mol. The number of carbonyl (C=O) groups is 1. The molecule has 30 heavy (non-hydrogen) atoms. The molecule has 1 heterocycles. The molecule has 0 unspecified atom stereocenters. The number of rotatable bonds is 7. The van der Waals surface area contributed by atoms with E-state index in [0.29, 0.717) is 5.56 Å². The second-order valence-corrected chi connectivity index (χ2v) is 9.01. The highest BCUT2D eigenvalue weighted by Crippen LogP contribution is 2.25. The van der Waals surface area contributed by atoms with E-state index in [-0.39, 0.29) is 26.2 Å². The Bertz CT molecular complexity index is 1230. The van der Waals surface area contributed by atoms with Crippen molar-refractivity contribution >= 4 is 56.5 Å². The SMILES string of the molecule is O=C(NN=Cc1ccc(Cl)c([N+](=O)[O-])c1)c1ccccc1NS(=O)(=O)c1cccs1. The highest BCUT2D eigenvalue weighted by Gasteiger charge is 2.19. The van der Waals surface area contributed by atoms with Crippen LogP contribution in [0.3, 0.4) is 0 Å². The topological polar surface area (TPSA) is 131 Å². The van der Waals surface area contributed by atoms with E-state index in [1.807, 2.05) is 0 Å². The Morgan fingerprint density at radius 3 is 2.63 bits per heavy atom. The van der Waals surface area contributed by atoms with Gasteiger partial charge in [-0.1, -0.05) is 35.9 Å². The van der Waals surface area contributed by atoms with Gasteiger partial charge in [0.05, 0.1) is 22.4 Å². The summed E-state index contributed by atoms with van der Waals surface area (Å²) in [6, 6.07) is 13.1. The van der Waals surface area contributed by atoms with E-state index in [1.165, 1.54) is 42.6 Å². The van der Waals surface area contributed by atoms with Crippen LogP contribution in [0.15, 0.2) is 69.3 Å². The molecule has 0 saturated heterocycles. The van der Waals surface area contributed by atoms with Gasteiger partial charge in [-0.3, -0.25) is 19.6 Å². The van der Waals surface area contributed by atoms with E-state index in [2.05, 4.69) is 15.2 Å². The predicted octanol–water partition coefficient (Wildman–Crippen LogP) is 3.87. The summed E-state index contributed by atoms with van der Waals surface area (Å²) in [5.41, 5.74) is 2.46. The summed E-state index contributed by atoms with van der Waals surface area (Å²) in [6.45, 7) is 0. The first kappa shape index (κ1) is 21.4. The van der Waals surface area contributed by atoms with E-state index in [0.717, 1.165) is 11.3 Å². The lowest BCUT2D eigenvalue weighted by Gasteiger charge is -2.10. The molecule has 2 N–H and O–H groups in total. The highest BCUT2D eigenvalue weighted by atomic mass is 35.5. The first-order valence-corrected chi connectivity index (χ1v) is 10.9. The number of nitro groups is 1. The van der Waals surface area contributed by atoms with Crippen molar-refractivity contribution in [3.8, 4) is 0 Å². The van der Waals surface area contributed by atoms with Gasteiger partial charge in [-0.15, -0.1) is 11.3 Å². The molecule has 1 amide bonds. The Kier molecular flexibility index (Phi) is 6.45. The summed E-state index contributed by atoms with van der Waals surface area (Å²) in [5.74, 6) is -0.667. The molecular weight excluding hydrogens is 452 g/mol. The first-order chi connectivity index (χ1) is 14.3. The van der Waals surface area contributed by atoms with Crippen LogP contribution >= 0.6 is 22.9 Å². The van der Waals surface area contributed by atoms with Crippen molar-refractivity contribution in [2.24, 2.45) is 5.10 Å². The quantitative estimate of drug-likeness (QED) is 0.311. The molecule has 2 aromatic carbocycles. The van der Waals surface area contributed by atoms with Crippen molar-refractivity contribution in [2.75, 3.05) is 4.72 Å². The van der Waals surface area contributed by atoms with E-state index in [4.69, 9.17) is 11.6 Å². The fraction of sp³-hybridized carbons (Fsp3) is 0. The third-order valence-corrected chi connectivity index (χ3v) is 6.81. The van der Waals surface area contributed by atoms with Crippen LogP contribution < -0.4 is 10.1 Å². The van der Waals surface area contributed by atoms with Crippen LogP contribution in [0.25, 0.3) is 0 Å². The number of anilines is 1. The summed E-state index contributed by atoms with van der Waals surface area (Å²) >= 11 is 6.80. The minimum atomic E-state index is -3.83. The van der Waals surface area contributed by atoms with Gasteiger partial charge in [-0.2, -0.15) is 5.10 Å². The molecule has 0 saturated carbocycles.